The highest BCUT2D eigenvalue weighted by Crippen LogP contribution is 2.31. The first kappa shape index (κ1) is 20.6. The third-order valence-electron chi connectivity index (χ3n) is 2.71. The molecule has 0 aliphatic carbocycles. The Kier molecular flexibility index (Phi) is 5.62. The zero-order valence-corrected chi connectivity index (χ0v) is 11.9. The number of halogens is 8. The quantitative estimate of drug-likeness (QED) is 0.275. The molecule has 0 bridgehead atoms. The number of carbonyl (C=O) groups is 2. The molecule has 1 aromatic carbocycles. The fraction of sp³-hybridized carbons (Fsp3) is 0.333. The van der Waals surface area contributed by atoms with E-state index in [1.807, 2.05) is 0 Å². The Hall–Kier alpha value is -2.44. The average molecular weight is 381 g/mol. The van der Waals surface area contributed by atoms with Crippen LogP contribution in [0.15, 0.2) is 0 Å². The highest BCUT2D eigenvalue weighted by Gasteiger charge is 2.62. The Morgan fingerprint density at radius 2 is 1.36 bits per heavy atom. The van der Waals surface area contributed by atoms with E-state index in [2.05, 4.69) is 4.74 Å². The van der Waals surface area contributed by atoms with E-state index in [1.165, 1.54) is 0 Å². The summed E-state index contributed by atoms with van der Waals surface area (Å²) in [5, 5.41) is 9.79. The van der Waals surface area contributed by atoms with E-state index < -0.39 is 65.0 Å². The van der Waals surface area contributed by atoms with Gasteiger partial charge in [0.2, 0.25) is 5.82 Å². The first-order valence-corrected chi connectivity index (χ1v) is 6.09. The molecule has 0 aliphatic rings. The van der Waals surface area contributed by atoms with Crippen LogP contribution < -0.4 is 5.32 Å². The van der Waals surface area contributed by atoms with Gasteiger partial charge in [0.25, 0.3) is 5.91 Å². The summed E-state index contributed by atoms with van der Waals surface area (Å²) in [5.74, 6) is -18.5. The smallest absolute Gasteiger partial charge is 0.448 e. The maximum atomic E-state index is 13.4. The number of esters is 1. The molecule has 0 fully saturated rings. The number of alkyl halides is 3. The standard InChI is InChI=1S/C12H7F8NO4/c1-2-25-10(23)11(24,12(18,19)20)21-9(22)3-4(13)6(15)8(17)7(16)5(3)14/h24H,2H2,1H3,(H,21,22)/t11-/m0/s1. The third kappa shape index (κ3) is 3.50. The van der Waals surface area contributed by atoms with Crippen molar-refractivity contribution >= 4 is 11.9 Å². The number of hydrogen-bond acceptors (Lipinski definition) is 4. The van der Waals surface area contributed by atoms with Crippen LogP contribution in [0.2, 0.25) is 0 Å². The lowest BCUT2D eigenvalue weighted by Crippen LogP contribution is -2.64. The van der Waals surface area contributed by atoms with Crippen LogP contribution in [0.25, 0.3) is 0 Å². The average Bonchev–Trinajstić information content (AvgIpc) is 2.50. The monoisotopic (exact) mass is 381 g/mol. The van der Waals surface area contributed by atoms with Crippen molar-refractivity contribution in [3.05, 3.63) is 34.6 Å². The number of hydrogen-bond donors (Lipinski definition) is 2. The highest BCUT2D eigenvalue weighted by molar-refractivity contribution is 5.98. The van der Waals surface area contributed by atoms with E-state index in [0.717, 1.165) is 6.92 Å². The van der Waals surface area contributed by atoms with Crippen LogP contribution >= 0.6 is 0 Å². The minimum Gasteiger partial charge on any atom is -0.462 e. The molecule has 0 heterocycles. The molecule has 0 spiro atoms. The van der Waals surface area contributed by atoms with E-state index in [1.54, 1.807) is 0 Å². The zero-order chi connectivity index (χ0) is 19.7. The van der Waals surface area contributed by atoms with Crippen molar-refractivity contribution in [1.82, 2.24) is 5.32 Å². The Balaban J connectivity index is 3.44. The van der Waals surface area contributed by atoms with Gasteiger partial charge < -0.3 is 15.2 Å². The minimum atomic E-state index is -5.95. The molecule has 140 valence electrons. The summed E-state index contributed by atoms with van der Waals surface area (Å²) in [4.78, 5) is 22.8. The molecular formula is C12H7F8NO4. The summed E-state index contributed by atoms with van der Waals surface area (Å²) in [6.07, 6.45) is -5.95. The van der Waals surface area contributed by atoms with E-state index in [-0.39, 0.29) is 0 Å². The van der Waals surface area contributed by atoms with Gasteiger partial charge in [-0.25, -0.2) is 26.7 Å². The Morgan fingerprint density at radius 1 is 0.960 bits per heavy atom. The van der Waals surface area contributed by atoms with Crippen LogP contribution in [0, 0.1) is 29.1 Å². The van der Waals surface area contributed by atoms with Crippen LogP contribution in [0.1, 0.15) is 17.3 Å². The van der Waals surface area contributed by atoms with Crippen LogP contribution in [-0.4, -0.2) is 35.5 Å². The van der Waals surface area contributed by atoms with E-state index >= 15 is 0 Å². The molecule has 0 saturated carbocycles. The molecule has 5 nitrogen and oxygen atoms in total. The van der Waals surface area contributed by atoms with Gasteiger partial charge in [0.1, 0.15) is 5.56 Å². The van der Waals surface area contributed by atoms with Crippen molar-refractivity contribution < 1.29 is 54.6 Å². The summed E-state index contributed by atoms with van der Waals surface area (Å²) in [7, 11) is 0. The first-order valence-electron chi connectivity index (χ1n) is 6.09. The van der Waals surface area contributed by atoms with Gasteiger partial charge in [0.15, 0.2) is 23.3 Å². The van der Waals surface area contributed by atoms with Gasteiger partial charge in [0.05, 0.1) is 6.61 Å². The number of rotatable bonds is 4. The van der Waals surface area contributed by atoms with Crippen molar-refractivity contribution in [3.63, 3.8) is 0 Å². The van der Waals surface area contributed by atoms with Crippen molar-refractivity contribution in [1.29, 1.82) is 0 Å². The second kappa shape index (κ2) is 6.82. The molecule has 0 unspecified atom stereocenters. The molecule has 1 rings (SSSR count). The second-order valence-electron chi connectivity index (χ2n) is 4.33. The lowest BCUT2D eigenvalue weighted by molar-refractivity contribution is -0.269. The number of benzene rings is 1. The Morgan fingerprint density at radius 3 is 1.72 bits per heavy atom. The summed E-state index contributed by atoms with van der Waals surface area (Å²) >= 11 is 0. The van der Waals surface area contributed by atoms with Gasteiger partial charge in [-0.05, 0) is 6.92 Å². The summed E-state index contributed by atoms with van der Waals surface area (Å²) in [6.45, 7) is 0.330. The predicted octanol–water partition coefficient (Wildman–Crippen LogP) is 1.93. The molecule has 0 aromatic heterocycles. The van der Waals surface area contributed by atoms with Gasteiger partial charge >= 0.3 is 17.9 Å². The fourth-order valence-electron chi connectivity index (χ4n) is 1.50. The molecule has 0 radical (unpaired) electrons. The van der Waals surface area contributed by atoms with Crippen LogP contribution in [-0.2, 0) is 9.53 Å². The number of carbonyl (C=O) groups excluding carboxylic acids is 2. The van der Waals surface area contributed by atoms with Gasteiger partial charge in [0, 0.05) is 0 Å². The topological polar surface area (TPSA) is 75.6 Å². The van der Waals surface area contributed by atoms with Crippen molar-refractivity contribution in [3.8, 4) is 0 Å². The fourth-order valence-corrected chi connectivity index (χ4v) is 1.50. The van der Waals surface area contributed by atoms with E-state index in [4.69, 9.17) is 0 Å². The van der Waals surface area contributed by atoms with Gasteiger partial charge in [-0.3, -0.25) is 4.79 Å². The summed E-state index contributed by atoms with van der Waals surface area (Å²) in [6, 6.07) is 0. The minimum absolute atomic E-state index is 0.471. The normalized spacial score (nSPS) is 14.0. The zero-order valence-electron chi connectivity index (χ0n) is 11.9. The van der Waals surface area contributed by atoms with Crippen molar-refractivity contribution in [2.75, 3.05) is 6.61 Å². The van der Waals surface area contributed by atoms with Crippen LogP contribution in [0.5, 0.6) is 0 Å². The highest BCUT2D eigenvalue weighted by atomic mass is 19.4. The van der Waals surface area contributed by atoms with Crippen LogP contribution in [0.4, 0.5) is 35.1 Å². The van der Waals surface area contributed by atoms with E-state index in [9.17, 15) is 49.8 Å². The number of ether oxygens (including phenoxy) is 1. The van der Waals surface area contributed by atoms with Gasteiger partial charge in [-0.1, -0.05) is 0 Å². The first-order chi connectivity index (χ1) is 11.3. The Labute approximate surface area is 133 Å². The van der Waals surface area contributed by atoms with Crippen molar-refractivity contribution in [2.24, 2.45) is 0 Å². The van der Waals surface area contributed by atoms with Gasteiger partial charge in [-0.2, -0.15) is 13.2 Å². The molecule has 1 amide bonds. The summed E-state index contributed by atoms with van der Waals surface area (Å²) in [5.41, 5.74) is -7.12. The maximum absolute atomic E-state index is 13.4. The van der Waals surface area contributed by atoms with Crippen LogP contribution in [0.3, 0.4) is 0 Å². The van der Waals surface area contributed by atoms with E-state index in [0.29, 0.717) is 5.32 Å². The molecule has 1 aromatic rings. The Bertz CT molecular complexity index is 691. The molecule has 0 saturated heterocycles. The largest absolute Gasteiger partial charge is 0.462 e. The molecule has 13 heteroatoms. The van der Waals surface area contributed by atoms with Gasteiger partial charge in [-0.15, -0.1) is 0 Å². The predicted molar refractivity (Wildman–Crippen MR) is 61.3 cm³/mol. The molecule has 25 heavy (non-hydrogen) atoms. The molecular weight excluding hydrogens is 374 g/mol. The SMILES string of the molecule is CCOC(=O)[C@@](O)(NC(=O)c1c(F)c(F)c(F)c(F)c1F)C(F)(F)F. The molecule has 1 atom stereocenters. The number of amides is 1. The summed E-state index contributed by atoms with van der Waals surface area (Å²) < 4.78 is 108. The second-order valence-corrected chi connectivity index (χ2v) is 4.33. The third-order valence-corrected chi connectivity index (χ3v) is 2.71. The number of aliphatic hydroxyl groups is 1. The van der Waals surface area contributed by atoms with Crippen molar-refractivity contribution in [2.45, 2.75) is 18.8 Å². The lowest BCUT2D eigenvalue weighted by Gasteiger charge is -2.28. The molecule has 0 aliphatic heterocycles. The molecule has 2 N–H and O–H groups in total. The lowest BCUT2D eigenvalue weighted by atomic mass is 10.1. The maximum Gasteiger partial charge on any atom is 0.448 e. The number of nitrogens with one attached hydrogen (secondary N) is 1.